The van der Waals surface area contributed by atoms with Crippen molar-refractivity contribution in [3.05, 3.63) is 103 Å². The number of hydrogen-bond acceptors (Lipinski definition) is 2. The maximum atomic E-state index is 6.28. The molecule has 0 fully saturated rings. The molecular weight excluding hydrogens is 404 g/mol. The van der Waals surface area contributed by atoms with Gasteiger partial charge in [0.25, 0.3) is 0 Å². The zero-order valence-electron chi connectivity index (χ0n) is 18.1. The highest BCUT2D eigenvalue weighted by Crippen LogP contribution is 2.40. The van der Waals surface area contributed by atoms with Crippen molar-refractivity contribution in [1.82, 2.24) is 9.55 Å². The standard InChI is InChI=1S/C30H20N2O/c1-32-27-16-15-20(17-26(27)31-30(32)19-9-3-2-4-10-19)24-18-25-22-12-7-8-14-28(22)33-29(25)23-13-6-5-11-21(23)24/h2-18H,1H3. The van der Waals surface area contributed by atoms with E-state index >= 15 is 0 Å². The van der Waals surface area contributed by atoms with E-state index in [-0.39, 0.29) is 0 Å². The number of furan rings is 1. The molecule has 3 heteroatoms. The van der Waals surface area contributed by atoms with E-state index in [0.717, 1.165) is 55.3 Å². The van der Waals surface area contributed by atoms with Gasteiger partial charge in [-0.2, -0.15) is 0 Å². The van der Waals surface area contributed by atoms with Crippen LogP contribution in [0.2, 0.25) is 0 Å². The minimum atomic E-state index is 0.919. The van der Waals surface area contributed by atoms with Crippen molar-refractivity contribution in [3.8, 4) is 22.5 Å². The van der Waals surface area contributed by atoms with Gasteiger partial charge in [-0.15, -0.1) is 0 Å². The second-order valence-corrected chi connectivity index (χ2v) is 8.51. The van der Waals surface area contributed by atoms with Crippen LogP contribution in [0.25, 0.3) is 66.3 Å². The van der Waals surface area contributed by atoms with Gasteiger partial charge in [0.05, 0.1) is 11.0 Å². The Kier molecular flexibility index (Phi) is 3.76. The molecule has 0 N–H and O–H groups in total. The molecule has 156 valence electrons. The van der Waals surface area contributed by atoms with E-state index < -0.39 is 0 Å². The molecule has 0 unspecified atom stereocenters. The SMILES string of the molecule is Cn1c(-c2ccccc2)nc2cc(-c3cc4c5ccccc5oc4c4ccccc34)ccc21. The summed E-state index contributed by atoms with van der Waals surface area (Å²) in [5.74, 6) is 0.976. The van der Waals surface area contributed by atoms with Crippen molar-refractivity contribution < 1.29 is 4.42 Å². The van der Waals surface area contributed by atoms with Crippen molar-refractivity contribution in [2.45, 2.75) is 0 Å². The third-order valence-corrected chi connectivity index (χ3v) is 6.61. The summed E-state index contributed by atoms with van der Waals surface area (Å²) in [5, 5.41) is 4.60. The van der Waals surface area contributed by atoms with Crippen LogP contribution in [-0.4, -0.2) is 9.55 Å². The monoisotopic (exact) mass is 424 g/mol. The summed E-state index contributed by atoms with van der Waals surface area (Å²) < 4.78 is 8.45. The van der Waals surface area contributed by atoms with Crippen LogP contribution in [0.1, 0.15) is 0 Å². The number of para-hydroxylation sites is 1. The number of rotatable bonds is 2. The molecule has 0 saturated carbocycles. The molecule has 0 aliphatic carbocycles. The molecule has 7 aromatic rings. The number of hydrogen-bond donors (Lipinski definition) is 0. The Bertz CT molecular complexity index is 1820. The molecule has 33 heavy (non-hydrogen) atoms. The Labute approximate surface area is 190 Å². The van der Waals surface area contributed by atoms with Gasteiger partial charge < -0.3 is 8.98 Å². The number of nitrogens with zero attached hydrogens (tertiary/aromatic N) is 2. The highest BCUT2D eigenvalue weighted by atomic mass is 16.3. The average molecular weight is 425 g/mol. The van der Waals surface area contributed by atoms with E-state index in [1.165, 1.54) is 10.9 Å². The fraction of sp³-hybridized carbons (Fsp3) is 0.0333. The molecule has 2 aromatic heterocycles. The summed E-state index contributed by atoms with van der Waals surface area (Å²) >= 11 is 0. The largest absolute Gasteiger partial charge is 0.455 e. The Balaban J connectivity index is 1.51. The van der Waals surface area contributed by atoms with Crippen LogP contribution in [0.15, 0.2) is 108 Å². The fourth-order valence-electron chi connectivity index (χ4n) is 5.00. The van der Waals surface area contributed by atoms with Gasteiger partial charge in [0, 0.05) is 28.8 Å². The van der Waals surface area contributed by atoms with Gasteiger partial charge in [-0.25, -0.2) is 4.98 Å². The highest BCUT2D eigenvalue weighted by Gasteiger charge is 2.16. The lowest BCUT2D eigenvalue weighted by atomic mass is 9.95. The van der Waals surface area contributed by atoms with Gasteiger partial charge in [0.1, 0.15) is 17.0 Å². The van der Waals surface area contributed by atoms with Gasteiger partial charge >= 0.3 is 0 Å². The quantitative estimate of drug-likeness (QED) is 0.282. The molecule has 0 saturated heterocycles. The zero-order valence-corrected chi connectivity index (χ0v) is 18.1. The number of benzene rings is 5. The van der Waals surface area contributed by atoms with Crippen LogP contribution in [0.5, 0.6) is 0 Å². The summed E-state index contributed by atoms with van der Waals surface area (Å²) in [6.07, 6.45) is 0. The van der Waals surface area contributed by atoms with Gasteiger partial charge in [0.15, 0.2) is 0 Å². The Morgan fingerprint density at radius 1 is 0.636 bits per heavy atom. The number of aromatic nitrogens is 2. The van der Waals surface area contributed by atoms with Gasteiger partial charge in [-0.1, -0.05) is 78.9 Å². The maximum absolute atomic E-state index is 6.28. The minimum absolute atomic E-state index is 0.919. The lowest BCUT2D eigenvalue weighted by molar-refractivity contribution is 0.672. The smallest absolute Gasteiger partial charge is 0.143 e. The predicted octanol–water partition coefficient (Wildman–Crippen LogP) is 7.96. The van der Waals surface area contributed by atoms with E-state index in [4.69, 9.17) is 9.40 Å². The Morgan fingerprint density at radius 3 is 2.21 bits per heavy atom. The summed E-state index contributed by atoms with van der Waals surface area (Å²) in [4.78, 5) is 5.00. The molecule has 2 heterocycles. The van der Waals surface area contributed by atoms with E-state index in [1.54, 1.807) is 0 Å². The first-order valence-corrected chi connectivity index (χ1v) is 11.1. The van der Waals surface area contributed by atoms with Crippen molar-refractivity contribution in [2.75, 3.05) is 0 Å². The molecular formula is C30H20N2O. The third kappa shape index (κ3) is 2.66. The molecule has 0 spiro atoms. The van der Waals surface area contributed by atoms with E-state index in [9.17, 15) is 0 Å². The Morgan fingerprint density at radius 2 is 1.36 bits per heavy atom. The lowest BCUT2D eigenvalue weighted by Crippen LogP contribution is -1.91. The number of aryl methyl sites for hydroxylation is 1. The number of fused-ring (bicyclic) bond motifs is 6. The second kappa shape index (κ2) is 6.81. The van der Waals surface area contributed by atoms with E-state index in [2.05, 4.69) is 96.5 Å². The molecule has 3 nitrogen and oxygen atoms in total. The van der Waals surface area contributed by atoms with E-state index in [1.807, 2.05) is 18.2 Å². The van der Waals surface area contributed by atoms with Crippen molar-refractivity contribution >= 4 is 43.7 Å². The highest BCUT2D eigenvalue weighted by molar-refractivity contribution is 6.19. The van der Waals surface area contributed by atoms with Gasteiger partial charge in [-0.05, 0) is 40.8 Å². The summed E-state index contributed by atoms with van der Waals surface area (Å²) in [5.41, 5.74) is 7.45. The fourth-order valence-corrected chi connectivity index (χ4v) is 5.00. The predicted molar refractivity (Wildman–Crippen MR) is 136 cm³/mol. The summed E-state index contributed by atoms with van der Waals surface area (Å²) in [6, 6.07) is 36.0. The molecule has 7 rings (SSSR count). The van der Waals surface area contributed by atoms with Crippen LogP contribution >= 0.6 is 0 Å². The normalized spacial score (nSPS) is 11.8. The van der Waals surface area contributed by atoms with Crippen LogP contribution < -0.4 is 0 Å². The molecule has 0 aliphatic heterocycles. The van der Waals surface area contributed by atoms with Crippen LogP contribution in [-0.2, 0) is 7.05 Å². The third-order valence-electron chi connectivity index (χ3n) is 6.61. The second-order valence-electron chi connectivity index (χ2n) is 8.51. The first-order valence-electron chi connectivity index (χ1n) is 11.1. The summed E-state index contributed by atoms with van der Waals surface area (Å²) in [7, 11) is 2.08. The van der Waals surface area contributed by atoms with Gasteiger partial charge in [-0.3, -0.25) is 0 Å². The van der Waals surface area contributed by atoms with Crippen LogP contribution in [0, 0.1) is 0 Å². The maximum Gasteiger partial charge on any atom is 0.143 e. The molecule has 0 aliphatic rings. The minimum Gasteiger partial charge on any atom is -0.455 e. The molecule has 0 amide bonds. The topological polar surface area (TPSA) is 31.0 Å². The van der Waals surface area contributed by atoms with Crippen LogP contribution in [0.4, 0.5) is 0 Å². The first-order chi connectivity index (χ1) is 16.3. The van der Waals surface area contributed by atoms with Crippen molar-refractivity contribution in [2.24, 2.45) is 7.05 Å². The number of imidazole rings is 1. The molecule has 0 bridgehead atoms. The molecule has 0 radical (unpaired) electrons. The molecule has 0 atom stereocenters. The lowest BCUT2D eigenvalue weighted by Gasteiger charge is -2.09. The zero-order chi connectivity index (χ0) is 21.9. The van der Waals surface area contributed by atoms with Crippen molar-refractivity contribution in [1.29, 1.82) is 0 Å². The summed E-state index contributed by atoms with van der Waals surface area (Å²) in [6.45, 7) is 0. The Hall–Kier alpha value is -4.37. The first kappa shape index (κ1) is 18.2. The molecule has 5 aromatic carbocycles. The van der Waals surface area contributed by atoms with Crippen LogP contribution in [0.3, 0.4) is 0 Å². The average Bonchev–Trinajstić information content (AvgIpc) is 3.41. The van der Waals surface area contributed by atoms with Gasteiger partial charge in [0.2, 0.25) is 0 Å². The van der Waals surface area contributed by atoms with Crippen molar-refractivity contribution in [3.63, 3.8) is 0 Å². The van der Waals surface area contributed by atoms with E-state index in [0.29, 0.717) is 0 Å².